The third kappa shape index (κ3) is 4.07. The fraction of sp³-hybridized carbons (Fsp3) is 0.188. The molecular weight excluding hydrogens is 367 g/mol. The van der Waals surface area contributed by atoms with Crippen LogP contribution in [0.3, 0.4) is 0 Å². The lowest BCUT2D eigenvalue weighted by atomic mass is 10.2. The van der Waals surface area contributed by atoms with Crippen LogP contribution in [0, 0.1) is 12.7 Å². The number of hydrogen-bond acceptors (Lipinski definition) is 5. The lowest BCUT2D eigenvalue weighted by molar-refractivity contribution is 0.583. The van der Waals surface area contributed by atoms with Crippen LogP contribution in [0.15, 0.2) is 46.0 Å². The molecule has 0 amide bonds. The topological polar surface area (TPSA) is 59.1 Å². The molecule has 0 fully saturated rings. The molecule has 3 aromatic rings. The Morgan fingerprint density at radius 3 is 2.58 bits per heavy atom. The molecule has 4 nitrogen and oxygen atoms in total. The largest absolute Gasteiger partial charge is 0.250 e. The highest BCUT2D eigenvalue weighted by molar-refractivity contribution is 7.91. The Morgan fingerprint density at radius 2 is 1.92 bits per heavy atom. The van der Waals surface area contributed by atoms with E-state index in [9.17, 15) is 12.8 Å². The van der Waals surface area contributed by atoms with Crippen LogP contribution in [0.2, 0.25) is 0 Å². The summed E-state index contributed by atoms with van der Waals surface area (Å²) in [4.78, 5) is 5.43. The molecule has 0 radical (unpaired) electrons. The fourth-order valence-corrected chi connectivity index (χ4v) is 5.31. The van der Waals surface area contributed by atoms with Crippen molar-refractivity contribution in [3.05, 3.63) is 58.2 Å². The molecular formula is C16H15FN2O2S3. The molecule has 1 N–H and O–H groups in total. The van der Waals surface area contributed by atoms with E-state index in [-0.39, 0.29) is 12.4 Å². The highest BCUT2D eigenvalue weighted by Crippen LogP contribution is 2.24. The number of hydrogen-bond donors (Lipinski definition) is 1. The van der Waals surface area contributed by atoms with Crippen LogP contribution in [-0.2, 0) is 16.4 Å². The molecule has 0 bridgehead atoms. The molecule has 0 saturated heterocycles. The maximum Gasteiger partial charge on any atom is 0.250 e. The van der Waals surface area contributed by atoms with Gasteiger partial charge in [-0.25, -0.2) is 22.5 Å². The molecule has 0 aliphatic rings. The Morgan fingerprint density at radius 1 is 1.17 bits per heavy atom. The van der Waals surface area contributed by atoms with Crippen molar-refractivity contribution in [2.75, 3.05) is 6.54 Å². The standard InChI is InChI=1S/C16H15FN2O2S3/c1-11-2-7-15(23-11)24(20,21)18-9-8-14-10-22-16(19-14)12-3-5-13(17)6-4-12/h2-7,10,18H,8-9H2,1H3. The van der Waals surface area contributed by atoms with Crippen molar-refractivity contribution in [3.63, 3.8) is 0 Å². The Balaban J connectivity index is 1.61. The minimum atomic E-state index is -3.46. The third-order valence-electron chi connectivity index (χ3n) is 3.30. The van der Waals surface area contributed by atoms with E-state index in [0.29, 0.717) is 10.6 Å². The van der Waals surface area contributed by atoms with Gasteiger partial charge in [0.25, 0.3) is 0 Å². The van der Waals surface area contributed by atoms with Gasteiger partial charge in [0.15, 0.2) is 0 Å². The molecule has 0 atom stereocenters. The lowest BCUT2D eigenvalue weighted by Gasteiger charge is -2.03. The van der Waals surface area contributed by atoms with Crippen LogP contribution in [0.25, 0.3) is 10.6 Å². The molecule has 0 aliphatic carbocycles. The van der Waals surface area contributed by atoms with Crippen molar-refractivity contribution in [3.8, 4) is 10.6 Å². The van der Waals surface area contributed by atoms with Gasteiger partial charge in [-0.2, -0.15) is 0 Å². The summed E-state index contributed by atoms with van der Waals surface area (Å²) in [5.41, 5.74) is 1.66. The zero-order chi connectivity index (χ0) is 17.2. The van der Waals surface area contributed by atoms with Gasteiger partial charge in [0.05, 0.1) is 5.69 Å². The first-order valence-electron chi connectivity index (χ1n) is 7.20. The van der Waals surface area contributed by atoms with E-state index in [0.717, 1.165) is 21.1 Å². The van der Waals surface area contributed by atoms with E-state index in [1.54, 1.807) is 24.3 Å². The average molecular weight is 383 g/mol. The van der Waals surface area contributed by atoms with Gasteiger partial charge < -0.3 is 0 Å². The Kier molecular flexibility index (Phi) is 5.09. The van der Waals surface area contributed by atoms with Gasteiger partial charge in [-0.1, -0.05) is 0 Å². The van der Waals surface area contributed by atoms with Gasteiger partial charge in [-0.3, -0.25) is 0 Å². The van der Waals surface area contributed by atoms with Crippen LogP contribution in [0.1, 0.15) is 10.6 Å². The first kappa shape index (κ1) is 17.2. The van der Waals surface area contributed by atoms with E-state index >= 15 is 0 Å². The summed E-state index contributed by atoms with van der Waals surface area (Å²) in [6.45, 7) is 2.15. The van der Waals surface area contributed by atoms with Crippen molar-refractivity contribution >= 4 is 32.7 Å². The minimum Gasteiger partial charge on any atom is -0.241 e. The molecule has 3 rings (SSSR count). The van der Waals surface area contributed by atoms with Gasteiger partial charge in [0.2, 0.25) is 10.0 Å². The molecule has 0 saturated carbocycles. The number of nitrogens with one attached hydrogen (secondary N) is 1. The molecule has 8 heteroatoms. The summed E-state index contributed by atoms with van der Waals surface area (Å²) in [5.74, 6) is -0.284. The number of thiazole rings is 1. The van der Waals surface area contributed by atoms with Crippen LogP contribution in [0.4, 0.5) is 4.39 Å². The smallest absolute Gasteiger partial charge is 0.241 e. The zero-order valence-electron chi connectivity index (χ0n) is 12.8. The highest BCUT2D eigenvalue weighted by Gasteiger charge is 2.15. The summed E-state index contributed by atoms with van der Waals surface area (Å²) < 4.78 is 40.1. The summed E-state index contributed by atoms with van der Waals surface area (Å²) in [7, 11) is -3.46. The zero-order valence-corrected chi connectivity index (χ0v) is 15.3. The van der Waals surface area contributed by atoms with E-state index in [1.807, 2.05) is 12.3 Å². The quantitative estimate of drug-likeness (QED) is 0.705. The van der Waals surface area contributed by atoms with E-state index in [1.165, 1.54) is 34.8 Å². The number of rotatable bonds is 6. The van der Waals surface area contributed by atoms with Gasteiger partial charge in [-0.05, 0) is 43.3 Å². The fourth-order valence-electron chi connectivity index (χ4n) is 2.09. The molecule has 0 spiro atoms. The predicted molar refractivity (Wildman–Crippen MR) is 95.5 cm³/mol. The van der Waals surface area contributed by atoms with E-state index in [4.69, 9.17) is 0 Å². The average Bonchev–Trinajstić information content (AvgIpc) is 3.17. The van der Waals surface area contributed by atoms with Gasteiger partial charge in [0.1, 0.15) is 15.0 Å². The molecule has 0 unspecified atom stereocenters. The van der Waals surface area contributed by atoms with Gasteiger partial charge in [-0.15, -0.1) is 22.7 Å². The number of aryl methyl sites for hydroxylation is 1. The van der Waals surface area contributed by atoms with Crippen molar-refractivity contribution in [2.45, 2.75) is 17.6 Å². The maximum absolute atomic E-state index is 12.9. The second kappa shape index (κ2) is 7.10. The minimum absolute atomic E-state index is 0.284. The summed E-state index contributed by atoms with van der Waals surface area (Å²) in [6, 6.07) is 9.55. The van der Waals surface area contributed by atoms with Crippen LogP contribution < -0.4 is 4.72 Å². The summed E-state index contributed by atoms with van der Waals surface area (Å²) in [6.07, 6.45) is 0.501. The predicted octanol–water partition coefficient (Wildman–Crippen LogP) is 3.84. The Hall–Kier alpha value is -1.61. The highest BCUT2D eigenvalue weighted by atomic mass is 32.2. The second-order valence-corrected chi connectivity index (χ2v) is 9.30. The van der Waals surface area contributed by atoms with Gasteiger partial charge >= 0.3 is 0 Å². The SMILES string of the molecule is Cc1ccc(S(=O)(=O)NCCc2csc(-c3ccc(F)cc3)n2)s1. The van der Waals surface area contributed by atoms with Crippen LogP contribution >= 0.6 is 22.7 Å². The summed E-state index contributed by atoms with van der Waals surface area (Å²) >= 11 is 2.71. The molecule has 0 aliphatic heterocycles. The number of thiophene rings is 1. The van der Waals surface area contributed by atoms with Crippen molar-refractivity contribution in [1.82, 2.24) is 9.71 Å². The van der Waals surface area contributed by atoms with Gasteiger partial charge in [0, 0.05) is 28.8 Å². The maximum atomic E-state index is 12.9. The normalized spacial score (nSPS) is 11.8. The molecule has 126 valence electrons. The number of aromatic nitrogens is 1. The number of sulfonamides is 1. The summed E-state index contributed by atoms with van der Waals surface area (Å²) in [5, 5.41) is 2.68. The first-order chi connectivity index (χ1) is 11.4. The number of nitrogens with zero attached hydrogens (tertiary/aromatic N) is 1. The van der Waals surface area contributed by atoms with Crippen molar-refractivity contribution in [1.29, 1.82) is 0 Å². The van der Waals surface area contributed by atoms with Crippen LogP contribution in [0.5, 0.6) is 0 Å². The van der Waals surface area contributed by atoms with Crippen LogP contribution in [-0.4, -0.2) is 19.9 Å². The number of benzene rings is 1. The molecule has 2 aromatic heterocycles. The van der Waals surface area contributed by atoms with Crippen molar-refractivity contribution < 1.29 is 12.8 Å². The van der Waals surface area contributed by atoms with E-state index < -0.39 is 10.0 Å². The first-order valence-corrected chi connectivity index (χ1v) is 10.4. The Bertz CT molecular complexity index is 930. The number of halogens is 1. The second-order valence-electron chi connectivity index (χ2n) is 5.16. The van der Waals surface area contributed by atoms with Crippen molar-refractivity contribution in [2.24, 2.45) is 0 Å². The lowest BCUT2D eigenvalue weighted by Crippen LogP contribution is -2.25. The van der Waals surface area contributed by atoms with E-state index in [2.05, 4.69) is 9.71 Å². The molecule has 1 aromatic carbocycles. The monoisotopic (exact) mass is 382 g/mol. The Labute approximate surface area is 148 Å². The third-order valence-corrected chi connectivity index (χ3v) is 7.19. The molecule has 24 heavy (non-hydrogen) atoms. The molecule has 2 heterocycles.